The third-order valence-electron chi connectivity index (χ3n) is 3.40. The lowest BCUT2D eigenvalue weighted by atomic mass is 10.1. The summed E-state index contributed by atoms with van der Waals surface area (Å²) in [4.78, 5) is 16.0. The summed E-state index contributed by atoms with van der Waals surface area (Å²) in [5.41, 5.74) is 0.296. The quantitative estimate of drug-likeness (QED) is 0.804. The van der Waals surface area contributed by atoms with Gasteiger partial charge in [0.2, 0.25) is 5.89 Å². The van der Waals surface area contributed by atoms with E-state index in [0.717, 1.165) is 25.9 Å². The third kappa shape index (κ3) is 3.24. The van der Waals surface area contributed by atoms with E-state index in [1.807, 2.05) is 0 Å². The lowest BCUT2D eigenvalue weighted by molar-refractivity contribution is 0.0941. The first-order chi connectivity index (χ1) is 10.2. The van der Waals surface area contributed by atoms with Crippen LogP contribution in [0.1, 0.15) is 41.1 Å². The van der Waals surface area contributed by atoms with Crippen LogP contribution in [-0.4, -0.2) is 44.1 Å². The van der Waals surface area contributed by atoms with Gasteiger partial charge in [-0.05, 0) is 32.9 Å². The molecule has 2 N–H and O–H groups in total. The van der Waals surface area contributed by atoms with Crippen LogP contribution in [0.15, 0.2) is 10.7 Å². The summed E-state index contributed by atoms with van der Waals surface area (Å²) in [6, 6.07) is 0.305. The molecule has 1 aliphatic rings. The molecule has 1 aliphatic heterocycles. The van der Waals surface area contributed by atoms with Crippen LogP contribution in [0.5, 0.6) is 0 Å². The largest absolute Gasteiger partial charge is 0.342 e. The fourth-order valence-corrected chi connectivity index (χ4v) is 2.29. The maximum atomic E-state index is 12.0. The van der Waals surface area contributed by atoms with Gasteiger partial charge in [-0.1, -0.05) is 10.4 Å². The van der Waals surface area contributed by atoms with Crippen molar-refractivity contribution >= 4 is 5.91 Å². The van der Waals surface area contributed by atoms with Crippen molar-refractivity contribution in [1.82, 2.24) is 35.8 Å². The van der Waals surface area contributed by atoms with Crippen LogP contribution in [0.2, 0.25) is 0 Å². The van der Waals surface area contributed by atoms with E-state index in [2.05, 4.69) is 31.1 Å². The molecule has 0 aliphatic carbocycles. The second-order valence-corrected chi connectivity index (χ2v) is 4.98. The highest BCUT2D eigenvalue weighted by Crippen LogP contribution is 2.16. The summed E-state index contributed by atoms with van der Waals surface area (Å²) in [5, 5.41) is 17.6. The summed E-state index contributed by atoms with van der Waals surface area (Å²) >= 11 is 0. The van der Waals surface area contributed by atoms with Gasteiger partial charge in [0, 0.05) is 0 Å². The fraction of sp³-hybridized carbons (Fsp3) is 0.583. The van der Waals surface area contributed by atoms with Crippen molar-refractivity contribution in [3.63, 3.8) is 0 Å². The molecular formula is C12H17N7O2. The average Bonchev–Trinajstić information content (AvgIpc) is 3.15. The number of piperidine rings is 1. The number of carbonyl (C=O) groups is 1. The minimum Gasteiger partial charge on any atom is -0.342 e. The molecule has 1 saturated heterocycles. The lowest BCUT2D eigenvalue weighted by Gasteiger charge is -2.22. The summed E-state index contributed by atoms with van der Waals surface area (Å²) in [6.45, 7) is 3.82. The zero-order valence-electron chi connectivity index (χ0n) is 11.7. The van der Waals surface area contributed by atoms with Crippen LogP contribution in [0.4, 0.5) is 0 Å². The molecule has 0 aromatic carbocycles. The first-order valence-electron chi connectivity index (χ1n) is 6.92. The van der Waals surface area contributed by atoms with Gasteiger partial charge in [-0.3, -0.25) is 4.79 Å². The SMILES string of the molecule is Cc1noc(CNC(=O)c2cn(C3CCNCC3)nn2)n1. The maximum Gasteiger partial charge on any atom is 0.273 e. The van der Waals surface area contributed by atoms with Gasteiger partial charge in [0.25, 0.3) is 5.91 Å². The fourth-order valence-electron chi connectivity index (χ4n) is 2.29. The Bertz CT molecular complexity index is 615. The van der Waals surface area contributed by atoms with Gasteiger partial charge >= 0.3 is 0 Å². The van der Waals surface area contributed by atoms with E-state index in [0.29, 0.717) is 23.5 Å². The van der Waals surface area contributed by atoms with Gasteiger partial charge in [-0.2, -0.15) is 4.98 Å². The molecule has 9 heteroatoms. The molecule has 2 aromatic heterocycles. The smallest absolute Gasteiger partial charge is 0.273 e. The number of hydrogen-bond acceptors (Lipinski definition) is 7. The number of hydrogen-bond donors (Lipinski definition) is 2. The minimum absolute atomic E-state index is 0.180. The Morgan fingerprint density at radius 2 is 2.33 bits per heavy atom. The zero-order chi connectivity index (χ0) is 14.7. The normalized spacial score (nSPS) is 16.0. The van der Waals surface area contributed by atoms with Crippen molar-refractivity contribution in [2.45, 2.75) is 32.4 Å². The molecule has 0 bridgehead atoms. The topological polar surface area (TPSA) is 111 Å². The van der Waals surface area contributed by atoms with Crippen molar-refractivity contribution in [2.75, 3.05) is 13.1 Å². The highest BCUT2D eigenvalue weighted by molar-refractivity contribution is 5.91. The predicted molar refractivity (Wildman–Crippen MR) is 71.4 cm³/mol. The van der Waals surface area contributed by atoms with Gasteiger partial charge in [-0.15, -0.1) is 5.10 Å². The average molecular weight is 291 g/mol. The molecule has 3 heterocycles. The van der Waals surface area contributed by atoms with Crippen molar-refractivity contribution in [1.29, 1.82) is 0 Å². The molecule has 0 unspecified atom stereocenters. The van der Waals surface area contributed by atoms with Crippen LogP contribution in [-0.2, 0) is 6.54 Å². The molecule has 21 heavy (non-hydrogen) atoms. The molecule has 112 valence electrons. The van der Waals surface area contributed by atoms with Crippen LogP contribution in [0.25, 0.3) is 0 Å². The molecule has 2 aromatic rings. The molecule has 0 spiro atoms. The Morgan fingerprint density at radius 3 is 3.05 bits per heavy atom. The van der Waals surface area contributed by atoms with E-state index < -0.39 is 0 Å². The highest BCUT2D eigenvalue weighted by Gasteiger charge is 2.18. The molecule has 3 rings (SSSR count). The van der Waals surface area contributed by atoms with Crippen molar-refractivity contribution in [2.24, 2.45) is 0 Å². The number of aryl methyl sites for hydroxylation is 1. The highest BCUT2D eigenvalue weighted by atomic mass is 16.5. The van der Waals surface area contributed by atoms with Gasteiger partial charge in [-0.25, -0.2) is 4.68 Å². The van der Waals surface area contributed by atoms with Gasteiger partial charge in [0.05, 0.1) is 18.8 Å². The van der Waals surface area contributed by atoms with Crippen molar-refractivity contribution < 1.29 is 9.32 Å². The van der Waals surface area contributed by atoms with E-state index in [9.17, 15) is 4.79 Å². The maximum absolute atomic E-state index is 12.0. The molecule has 1 fully saturated rings. The molecule has 0 atom stereocenters. The number of carbonyl (C=O) groups excluding carboxylic acids is 1. The van der Waals surface area contributed by atoms with Crippen LogP contribution < -0.4 is 10.6 Å². The first-order valence-corrected chi connectivity index (χ1v) is 6.92. The Balaban J connectivity index is 1.58. The monoisotopic (exact) mass is 291 g/mol. The minimum atomic E-state index is -0.300. The van der Waals surface area contributed by atoms with Gasteiger partial charge < -0.3 is 15.2 Å². The van der Waals surface area contributed by atoms with Crippen LogP contribution in [0, 0.1) is 6.92 Å². The third-order valence-corrected chi connectivity index (χ3v) is 3.40. The summed E-state index contributed by atoms with van der Waals surface area (Å²) in [6.07, 6.45) is 3.67. The van der Waals surface area contributed by atoms with Gasteiger partial charge in [0.15, 0.2) is 11.5 Å². The summed E-state index contributed by atoms with van der Waals surface area (Å²) < 4.78 is 6.70. The Morgan fingerprint density at radius 1 is 1.52 bits per heavy atom. The molecule has 0 radical (unpaired) electrons. The number of rotatable bonds is 4. The lowest BCUT2D eigenvalue weighted by Crippen LogP contribution is -2.29. The molecule has 0 saturated carbocycles. The van der Waals surface area contributed by atoms with E-state index in [4.69, 9.17) is 4.52 Å². The van der Waals surface area contributed by atoms with E-state index >= 15 is 0 Å². The molecule has 9 nitrogen and oxygen atoms in total. The van der Waals surface area contributed by atoms with E-state index in [1.54, 1.807) is 17.8 Å². The Labute approximate surface area is 121 Å². The van der Waals surface area contributed by atoms with Gasteiger partial charge in [0.1, 0.15) is 0 Å². The number of aromatic nitrogens is 5. The van der Waals surface area contributed by atoms with Crippen molar-refractivity contribution in [3.8, 4) is 0 Å². The predicted octanol–water partition coefficient (Wildman–Crippen LogP) is -0.176. The zero-order valence-corrected chi connectivity index (χ0v) is 11.7. The second kappa shape index (κ2) is 6.00. The van der Waals surface area contributed by atoms with Crippen LogP contribution in [0.3, 0.4) is 0 Å². The molecular weight excluding hydrogens is 274 g/mol. The number of nitrogens with one attached hydrogen (secondary N) is 2. The van der Waals surface area contributed by atoms with E-state index in [-0.39, 0.29) is 12.5 Å². The van der Waals surface area contributed by atoms with Crippen molar-refractivity contribution in [3.05, 3.63) is 23.6 Å². The Hall–Kier alpha value is -2.29. The Kier molecular flexibility index (Phi) is 3.91. The summed E-state index contributed by atoms with van der Waals surface area (Å²) in [5.74, 6) is 0.605. The second-order valence-electron chi connectivity index (χ2n) is 4.98. The molecule has 1 amide bonds. The van der Waals surface area contributed by atoms with E-state index in [1.165, 1.54) is 0 Å². The standard InChI is InChI=1S/C12H17N7O2/c1-8-15-11(21-17-8)6-14-12(20)10-7-19(18-16-10)9-2-4-13-5-3-9/h7,9,13H,2-6H2,1H3,(H,14,20). The first kappa shape index (κ1) is 13.7. The number of nitrogens with zero attached hydrogens (tertiary/aromatic N) is 5. The van der Waals surface area contributed by atoms with Crippen LogP contribution >= 0.6 is 0 Å². The summed E-state index contributed by atoms with van der Waals surface area (Å²) in [7, 11) is 0. The number of amides is 1.